The third kappa shape index (κ3) is 3.59. The van der Waals surface area contributed by atoms with Crippen LogP contribution in [-0.4, -0.2) is 25.7 Å². The molecule has 2 aromatic carbocycles. The van der Waals surface area contributed by atoms with Crippen LogP contribution in [0.4, 0.5) is 26.2 Å². The van der Waals surface area contributed by atoms with Gasteiger partial charge in [-0.15, -0.1) is 0 Å². The van der Waals surface area contributed by atoms with Crippen LogP contribution in [0.2, 0.25) is 0 Å². The number of anilines is 3. The highest BCUT2D eigenvalue weighted by atomic mass is 19.1. The molecule has 0 aliphatic carbocycles. The summed E-state index contributed by atoms with van der Waals surface area (Å²) in [7, 11) is 0. The van der Waals surface area contributed by atoms with E-state index in [0.29, 0.717) is 23.7 Å². The SMILES string of the molecule is O=C(Nc1ccc(N2CCCCC2)c(F)c1)Nc1ccc2c(c1)OCC2. The van der Waals surface area contributed by atoms with Crippen LogP contribution in [-0.2, 0) is 6.42 Å². The molecule has 0 bridgehead atoms. The first-order chi connectivity index (χ1) is 12.7. The third-order valence-corrected chi connectivity index (χ3v) is 4.86. The van der Waals surface area contributed by atoms with Crippen molar-refractivity contribution in [2.45, 2.75) is 25.7 Å². The van der Waals surface area contributed by atoms with Crippen molar-refractivity contribution >= 4 is 23.1 Å². The number of nitrogens with zero attached hydrogens (tertiary/aromatic N) is 1. The maximum absolute atomic E-state index is 14.4. The first kappa shape index (κ1) is 16.7. The zero-order valence-electron chi connectivity index (χ0n) is 14.6. The van der Waals surface area contributed by atoms with Gasteiger partial charge in [0.15, 0.2) is 0 Å². The number of hydrogen-bond acceptors (Lipinski definition) is 3. The smallest absolute Gasteiger partial charge is 0.323 e. The van der Waals surface area contributed by atoms with Gasteiger partial charge in [0.1, 0.15) is 11.6 Å². The second kappa shape index (κ2) is 7.23. The molecule has 26 heavy (non-hydrogen) atoms. The van der Waals surface area contributed by atoms with Crippen LogP contribution in [0.15, 0.2) is 36.4 Å². The Morgan fingerprint density at radius 2 is 1.73 bits per heavy atom. The van der Waals surface area contributed by atoms with Gasteiger partial charge in [-0.3, -0.25) is 0 Å². The number of halogens is 1. The summed E-state index contributed by atoms with van der Waals surface area (Å²) in [4.78, 5) is 14.2. The molecular weight excluding hydrogens is 333 g/mol. The van der Waals surface area contributed by atoms with Crippen LogP contribution in [0.5, 0.6) is 5.75 Å². The first-order valence-corrected chi connectivity index (χ1v) is 9.07. The summed E-state index contributed by atoms with van der Waals surface area (Å²) in [5.74, 6) is 0.496. The van der Waals surface area contributed by atoms with E-state index in [2.05, 4.69) is 15.5 Å². The Hall–Kier alpha value is -2.76. The first-order valence-electron chi connectivity index (χ1n) is 9.07. The van der Waals surface area contributed by atoms with Gasteiger partial charge in [-0.25, -0.2) is 9.18 Å². The molecule has 2 amide bonds. The zero-order valence-corrected chi connectivity index (χ0v) is 14.6. The molecule has 1 fully saturated rings. The lowest BCUT2D eigenvalue weighted by atomic mass is 10.1. The average Bonchev–Trinajstić information content (AvgIpc) is 3.10. The van der Waals surface area contributed by atoms with E-state index in [0.717, 1.165) is 43.7 Å². The van der Waals surface area contributed by atoms with Gasteiger partial charge in [-0.2, -0.15) is 0 Å². The number of carbonyl (C=O) groups is 1. The van der Waals surface area contributed by atoms with E-state index in [1.165, 1.54) is 12.5 Å². The fourth-order valence-corrected chi connectivity index (χ4v) is 3.51. The monoisotopic (exact) mass is 355 g/mol. The van der Waals surface area contributed by atoms with Crippen LogP contribution in [0.3, 0.4) is 0 Å². The Kier molecular flexibility index (Phi) is 4.65. The highest BCUT2D eigenvalue weighted by molar-refractivity contribution is 6.00. The number of piperidine rings is 1. The molecule has 0 aromatic heterocycles. The minimum absolute atomic E-state index is 0.310. The van der Waals surface area contributed by atoms with E-state index >= 15 is 0 Å². The predicted octanol–water partition coefficient (Wildman–Crippen LogP) is 4.39. The topological polar surface area (TPSA) is 53.6 Å². The van der Waals surface area contributed by atoms with Crippen LogP contribution in [0, 0.1) is 5.82 Å². The second-order valence-corrected chi connectivity index (χ2v) is 6.71. The fourth-order valence-electron chi connectivity index (χ4n) is 3.51. The number of fused-ring (bicyclic) bond motifs is 1. The van der Waals surface area contributed by atoms with E-state index in [9.17, 15) is 9.18 Å². The Morgan fingerprint density at radius 1 is 1.00 bits per heavy atom. The molecule has 0 spiro atoms. The summed E-state index contributed by atoms with van der Waals surface area (Å²) in [6, 6.07) is 10.0. The van der Waals surface area contributed by atoms with Gasteiger partial charge in [-0.05, 0) is 49.1 Å². The van der Waals surface area contributed by atoms with Crippen molar-refractivity contribution in [3.8, 4) is 5.75 Å². The predicted molar refractivity (Wildman–Crippen MR) is 101 cm³/mol. The standard InChI is InChI=1S/C20H22FN3O2/c21-17-12-15(6-7-18(17)24-9-2-1-3-10-24)22-20(25)23-16-5-4-14-8-11-26-19(14)13-16/h4-7,12-13H,1-3,8-11H2,(H2,22,23,25). The van der Waals surface area contributed by atoms with Crippen LogP contribution >= 0.6 is 0 Å². The molecule has 0 radical (unpaired) electrons. The average molecular weight is 355 g/mol. The van der Waals surface area contributed by atoms with E-state index in [1.807, 2.05) is 18.2 Å². The van der Waals surface area contributed by atoms with Crippen molar-refractivity contribution in [1.82, 2.24) is 0 Å². The molecule has 136 valence electrons. The van der Waals surface area contributed by atoms with Gasteiger partial charge < -0.3 is 20.3 Å². The highest BCUT2D eigenvalue weighted by Crippen LogP contribution is 2.29. The normalized spacial score (nSPS) is 16.0. The molecule has 2 aliphatic heterocycles. The number of carbonyl (C=O) groups excluding carboxylic acids is 1. The summed E-state index contributed by atoms with van der Waals surface area (Å²) in [6.45, 7) is 2.43. The number of hydrogen-bond donors (Lipinski definition) is 2. The van der Waals surface area contributed by atoms with Crippen LogP contribution in [0.1, 0.15) is 24.8 Å². The molecule has 2 aliphatic rings. The summed E-state index contributed by atoms with van der Waals surface area (Å²) in [5.41, 5.74) is 2.82. The molecule has 4 rings (SSSR count). The van der Waals surface area contributed by atoms with Crippen molar-refractivity contribution in [2.75, 3.05) is 35.2 Å². The Balaban J connectivity index is 1.40. The largest absolute Gasteiger partial charge is 0.493 e. The molecule has 0 saturated carbocycles. The highest BCUT2D eigenvalue weighted by Gasteiger charge is 2.16. The summed E-state index contributed by atoms with van der Waals surface area (Å²) >= 11 is 0. The van der Waals surface area contributed by atoms with Gasteiger partial charge in [0.05, 0.1) is 12.3 Å². The lowest BCUT2D eigenvalue weighted by Crippen LogP contribution is -2.30. The summed E-state index contributed by atoms with van der Waals surface area (Å²) in [5, 5.41) is 5.43. The Bertz CT molecular complexity index is 819. The maximum atomic E-state index is 14.4. The van der Waals surface area contributed by atoms with Gasteiger partial charge in [0, 0.05) is 37.0 Å². The Morgan fingerprint density at radius 3 is 2.50 bits per heavy atom. The lowest BCUT2D eigenvalue weighted by molar-refractivity contribution is 0.262. The van der Waals surface area contributed by atoms with Crippen molar-refractivity contribution in [2.24, 2.45) is 0 Å². The molecule has 2 heterocycles. The van der Waals surface area contributed by atoms with Gasteiger partial charge in [0.25, 0.3) is 0 Å². The molecule has 0 atom stereocenters. The van der Waals surface area contributed by atoms with E-state index in [4.69, 9.17) is 4.74 Å². The molecule has 0 unspecified atom stereocenters. The Labute approximate surface area is 152 Å². The number of rotatable bonds is 3. The quantitative estimate of drug-likeness (QED) is 0.858. The van der Waals surface area contributed by atoms with Gasteiger partial charge in [0.2, 0.25) is 0 Å². The van der Waals surface area contributed by atoms with Crippen LogP contribution in [0.25, 0.3) is 0 Å². The second-order valence-electron chi connectivity index (χ2n) is 6.71. The number of benzene rings is 2. The summed E-state index contributed by atoms with van der Waals surface area (Å²) < 4.78 is 19.9. The molecule has 5 nitrogen and oxygen atoms in total. The molecule has 2 aromatic rings. The van der Waals surface area contributed by atoms with Crippen LogP contribution < -0.4 is 20.3 Å². The molecule has 2 N–H and O–H groups in total. The number of nitrogens with one attached hydrogen (secondary N) is 2. The summed E-state index contributed by atoms with van der Waals surface area (Å²) in [6.07, 6.45) is 4.27. The number of ether oxygens (including phenoxy) is 1. The van der Waals surface area contributed by atoms with E-state index < -0.39 is 6.03 Å². The van der Waals surface area contributed by atoms with Crippen molar-refractivity contribution in [3.05, 3.63) is 47.8 Å². The van der Waals surface area contributed by atoms with Gasteiger partial charge >= 0.3 is 6.03 Å². The lowest BCUT2D eigenvalue weighted by Gasteiger charge is -2.29. The zero-order chi connectivity index (χ0) is 17.9. The molecular formula is C20H22FN3O2. The minimum Gasteiger partial charge on any atom is -0.493 e. The van der Waals surface area contributed by atoms with E-state index in [-0.39, 0.29) is 5.82 Å². The number of amides is 2. The van der Waals surface area contributed by atoms with Gasteiger partial charge in [-0.1, -0.05) is 6.07 Å². The maximum Gasteiger partial charge on any atom is 0.323 e. The fraction of sp³-hybridized carbons (Fsp3) is 0.350. The van der Waals surface area contributed by atoms with Crippen molar-refractivity contribution in [1.29, 1.82) is 0 Å². The molecule has 6 heteroatoms. The molecule has 1 saturated heterocycles. The van der Waals surface area contributed by atoms with Crippen molar-refractivity contribution in [3.63, 3.8) is 0 Å². The van der Waals surface area contributed by atoms with E-state index in [1.54, 1.807) is 12.1 Å². The minimum atomic E-state index is -0.409. The van der Waals surface area contributed by atoms with Crippen molar-refractivity contribution < 1.29 is 13.9 Å². The third-order valence-electron chi connectivity index (χ3n) is 4.86. The number of urea groups is 1.